The molecular formula is C7H9N5OS. The van der Waals surface area contributed by atoms with Crippen LogP contribution in [0.25, 0.3) is 0 Å². The predicted molar refractivity (Wildman–Crippen MR) is 53.0 cm³/mol. The van der Waals surface area contributed by atoms with E-state index in [0.29, 0.717) is 18.1 Å². The number of aromatic nitrogens is 3. The molecule has 0 unspecified atom stereocenters. The third kappa shape index (κ3) is 2.19. The van der Waals surface area contributed by atoms with Crippen LogP contribution in [0.4, 0.5) is 10.8 Å². The van der Waals surface area contributed by atoms with Gasteiger partial charge in [-0.3, -0.25) is 0 Å². The van der Waals surface area contributed by atoms with Gasteiger partial charge in [0, 0.05) is 19.0 Å². The van der Waals surface area contributed by atoms with Gasteiger partial charge in [0.25, 0.3) is 0 Å². The monoisotopic (exact) mass is 211 g/mol. The van der Waals surface area contributed by atoms with Gasteiger partial charge in [-0.1, -0.05) is 5.16 Å². The molecule has 0 aliphatic rings. The van der Waals surface area contributed by atoms with Crippen LogP contribution in [0, 0.1) is 0 Å². The molecule has 6 nitrogen and oxygen atoms in total. The minimum Gasteiger partial charge on any atom is -0.383 e. The smallest absolute Gasteiger partial charge is 0.228 e. The molecule has 0 atom stereocenters. The van der Waals surface area contributed by atoms with E-state index in [1.807, 2.05) is 0 Å². The SMILES string of the molecule is Nc1cc(NCCc2ncno2)sn1. The van der Waals surface area contributed by atoms with Crippen LogP contribution in [-0.4, -0.2) is 21.1 Å². The summed E-state index contributed by atoms with van der Waals surface area (Å²) in [6.07, 6.45) is 2.08. The fourth-order valence-electron chi connectivity index (χ4n) is 0.971. The molecule has 0 saturated heterocycles. The van der Waals surface area contributed by atoms with Crippen molar-refractivity contribution >= 4 is 22.4 Å². The van der Waals surface area contributed by atoms with Crippen LogP contribution in [-0.2, 0) is 6.42 Å². The third-order valence-electron chi connectivity index (χ3n) is 1.57. The highest BCUT2D eigenvalue weighted by Gasteiger charge is 2.00. The normalized spacial score (nSPS) is 10.3. The number of nitrogens with two attached hydrogens (primary N) is 1. The Hall–Kier alpha value is -1.63. The summed E-state index contributed by atoms with van der Waals surface area (Å²) in [5.74, 6) is 1.16. The van der Waals surface area contributed by atoms with Gasteiger partial charge in [-0.15, -0.1) is 0 Å². The molecular weight excluding hydrogens is 202 g/mol. The Kier molecular flexibility index (Phi) is 2.59. The lowest BCUT2D eigenvalue weighted by Gasteiger charge is -1.98. The van der Waals surface area contributed by atoms with Gasteiger partial charge in [0.15, 0.2) is 6.33 Å². The van der Waals surface area contributed by atoms with Crippen molar-refractivity contribution in [3.05, 3.63) is 18.3 Å². The van der Waals surface area contributed by atoms with Crippen LogP contribution in [0.2, 0.25) is 0 Å². The first kappa shape index (κ1) is 8.95. The summed E-state index contributed by atoms with van der Waals surface area (Å²) in [6.45, 7) is 0.726. The highest BCUT2D eigenvalue weighted by Crippen LogP contribution is 2.16. The molecule has 74 valence electrons. The number of anilines is 2. The fourth-order valence-corrected chi connectivity index (χ4v) is 1.57. The van der Waals surface area contributed by atoms with Crippen LogP contribution in [0.1, 0.15) is 5.89 Å². The standard InChI is InChI=1S/C7H9N5OS/c8-5-3-7(14-12-5)9-2-1-6-10-4-11-13-6/h3-4,9H,1-2H2,(H2,8,12). The number of nitrogens with one attached hydrogen (secondary N) is 1. The van der Waals surface area contributed by atoms with Gasteiger partial charge in [-0.05, 0) is 11.5 Å². The van der Waals surface area contributed by atoms with Crippen molar-refractivity contribution < 1.29 is 4.52 Å². The summed E-state index contributed by atoms with van der Waals surface area (Å²) < 4.78 is 8.78. The first-order chi connectivity index (χ1) is 6.84. The molecule has 0 bridgehead atoms. The van der Waals surface area contributed by atoms with E-state index in [-0.39, 0.29) is 0 Å². The highest BCUT2D eigenvalue weighted by molar-refractivity contribution is 7.10. The molecule has 2 rings (SSSR count). The van der Waals surface area contributed by atoms with E-state index in [4.69, 9.17) is 10.3 Å². The Morgan fingerprint density at radius 2 is 2.50 bits per heavy atom. The molecule has 2 aromatic rings. The number of nitrogen functional groups attached to an aromatic ring is 1. The largest absolute Gasteiger partial charge is 0.383 e. The van der Waals surface area contributed by atoms with Crippen molar-refractivity contribution in [2.75, 3.05) is 17.6 Å². The molecule has 7 heteroatoms. The molecule has 0 aromatic carbocycles. The van der Waals surface area contributed by atoms with Gasteiger partial charge < -0.3 is 15.6 Å². The molecule has 0 amide bonds. The molecule has 0 saturated carbocycles. The van der Waals surface area contributed by atoms with Gasteiger partial charge in [0.05, 0.1) is 0 Å². The minimum atomic E-state index is 0.537. The molecule has 3 N–H and O–H groups in total. The van der Waals surface area contributed by atoms with Crippen molar-refractivity contribution in [3.8, 4) is 0 Å². The van der Waals surface area contributed by atoms with E-state index in [2.05, 4.69) is 19.8 Å². The Morgan fingerprint density at radius 3 is 3.14 bits per heavy atom. The van der Waals surface area contributed by atoms with Gasteiger partial charge in [-0.2, -0.15) is 9.36 Å². The van der Waals surface area contributed by atoms with Crippen molar-refractivity contribution in [2.24, 2.45) is 0 Å². The highest BCUT2D eigenvalue weighted by atomic mass is 32.1. The maximum Gasteiger partial charge on any atom is 0.228 e. The zero-order valence-corrected chi connectivity index (χ0v) is 8.12. The quantitative estimate of drug-likeness (QED) is 0.776. The minimum absolute atomic E-state index is 0.537. The number of hydrogen-bond donors (Lipinski definition) is 2. The molecule has 2 aromatic heterocycles. The van der Waals surface area contributed by atoms with Gasteiger partial charge >= 0.3 is 0 Å². The van der Waals surface area contributed by atoms with E-state index in [9.17, 15) is 0 Å². The van der Waals surface area contributed by atoms with Crippen LogP contribution >= 0.6 is 11.5 Å². The predicted octanol–water partition coefficient (Wildman–Crippen LogP) is 0.763. The second-order valence-electron chi connectivity index (χ2n) is 2.63. The fraction of sp³-hybridized carbons (Fsp3) is 0.286. The van der Waals surface area contributed by atoms with E-state index in [0.717, 1.165) is 11.5 Å². The first-order valence-corrected chi connectivity index (χ1v) is 4.83. The summed E-state index contributed by atoms with van der Waals surface area (Å²) in [5.41, 5.74) is 5.46. The van der Waals surface area contributed by atoms with Gasteiger partial charge in [0.1, 0.15) is 10.8 Å². The lowest BCUT2D eigenvalue weighted by Crippen LogP contribution is -2.03. The maximum absolute atomic E-state index is 5.46. The number of nitrogens with zero attached hydrogens (tertiary/aromatic N) is 3. The van der Waals surface area contributed by atoms with Crippen LogP contribution < -0.4 is 11.1 Å². The Bertz CT molecular complexity index is 384. The first-order valence-electron chi connectivity index (χ1n) is 4.06. The lowest BCUT2D eigenvalue weighted by molar-refractivity contribution is 0.380. The van der Waals surface area contributed by atoms with E-state index in [1.165, 1.54) is 17.9 Å². The Labute approximate surface area is 84.3 Å². The topological polar surface area (TPSA) is 89.9 Å². The zero-order valence-electron chi connectivity index (χ0n) is 7.30. The van der Waals surface area contributed by atoms with Gasteiger partial charge in [-0.25, -0.2) is 0 Å². The van der Waals surface area contributed by atoms with Crippen molar-refractivity contribution in [3.63, 3.8) is 0 Å². The summed E-state index contributed by atoms with van der Waals surface area (Å²) in [5, 5.41) is 7.61. The second kappa shape index (κ2) is 4.05. The molecule has 0 aliphatic carbocycles. The summed E-state index contributed by atoms with van der Waals surface area (Å²) >= 11 is 1.33. The van der Waals surface area contributed by atoms with Crippen LogP contribution in [0.3, 0.4) is 0 Å². The number of rotatable bonds is 4. The van der Waals surface area contributed by atoms with E-state index >= 15 is 0 Å². The van der Waals surface area contributed by atoms with Crippen LogP contribution in [0.5, 0.6) is 0 Å². The van der Waals surface area contributed by atoms with E-state index < -0.39 is 0 Å². The zero-order chi connectivity index (χ0) is 9.80. The maximum atomic E-state index is 5.46. The average Bonchev–Trinajstić information content (AvgIpc) is 2.77. The van der Waals surface area contributed by atoms with Crippen molar-refractivity contribution in [1.29, 1.82) is 0 Å². The molecule has 2 heterocycles. The third-order valence-corrected chi connectivity index (χ3v) is 2.33. The Balaban J connectivity index is 1.78. The molecule has 0 fully saturated rings. The Morgan fingerprint density at radius 1 is 1.57 bits per heavy atom. The van der Waals surface area contributed by atoms with E-state index in [1.54, 1.807) is 6.07 Å². The lowest BCUT2D eigenvalue weighted by atomic mass is 10.4. The molecule has 0 aliphatic heterocycles. The molecule has 0 radical (unpaired) electrons. The average molecular weight is 211 g/mol. The second-order valence-corrected chi connectivity index (χ2v) is 3.43. The van der Waals surface area contributed by atoms with Crippen molar-refractivity contribution in [1.82, 2.24) is 14.5 Å². The van der Waals surface area contributed by atoms with Gasteiger partial charge in [0.2, 0.25) is 5.89 Å². The summed E-state index contributed by atoms with van der Waals surface area (Å²) in [7, 11) is 0. The summed E-state index contributed by atoms with van der Waals surface area (Å²) in [4.78, 5) is 3.90. The van der Waals surface area contributed by atoms with Crippen molar-refractivity contribution in [2.45, 2.75) is 6.42 Å². The molecule has 14 heavy (non-hydrogen) atoms. The summed E-state index contributed by atoms with van der Waals surface area (Å²) in [6, 6.07) is 1.79. The number of hydrogen-bond acceptors (Lipinski definition) is 7. The molecule has 0 spiro atoms. The van der Waals surface area contributed by atoms with Crippen LogP contribution in [0.15, 0.2) is 16.9 Å².